The van der Waals surface area contributed by atoms with Crippen LogP contribution in [0.1, 0.15) is 15.9 Å². The van der Waals surface area contributed by atoms with Gasteiger partial charge in [-0.25, -0.2) is 4.39 Å². The Bertz CT molecular complexity index is 640. The number of halogens is 2. The summed E-state index contributed by atoms with van der Waals surface area (Å²) in [4.78, 5) is 14.1. The van der Waals surface area contributed by atoms with Crippen molar-refractivity contribution >= 4 is 23.1 Å². The van der Waals surface area contributed by atoms with E-state index in [9.17, 15) is 9.18 Å². The molecule has 2 nitrogen and oxygen atoms in total. The van der Waals surface area contributed by atoms with Gasteiger partial charge in [0.15, 0.2) is 5.78 Å². The van der Waals surface area contributed by atoms with Gasteiger partial charge in [-0.1, -0.05) is 23.7 Å². The van der Waals surface area contributed by atoms with Crippen LogP contribution in [0.15, 0.2) is 42.5 Å². The van der Waals surface area contributed by atoms with Crippen molar-refractivity contribution in [2.45, 2.75) is 6.42 Å². The first kappa shape index (κ1) is 14.5. The van der Waals surface area contributed by atoms with Crippen molar-refractivity contribution < 1.29 is 9.18 Å². The van der Waals surface area contributed by atoms with Gasteiger partial charge in [0.1, 0.15) is 5.82 Å². The Hall–Kier alpha value is -1.87. The van der Waals surface area contributed by atoms with Crippen molar-refractivity contribution in [3.8, 4) is 0 Å². The van der Waals surface area contributed by atoms with Gasteiger partial charge in [-0.3, -0.25) is 4.79 Å². The van der Waals surface area contributed by atoms with Crippen LogP contribution in [0.4, 0.5) is 10.1 Å². The molecule has 0 saturated heterocycles. The number of nitrogens with zero attached hydrogens (tertiary/aromatic N) is 1. The van der Waals surface area contributed by atoms with Crippen LogP contribution in [-0.4, -0.2) is 19.9 Å². The summed E-state index contributed by atoms with van der Waals surface area (Å²) in [5.41, 5.74) is 1.82. The highest BCUT2D eigenvalue weighted by Gasteiger charge is 2.12. The molecule has 2 rings (SSSR count). The molecule has 0 unspecified atom stereocenters. The summed E-state index contributed by atoms with van der Waals surface area (Å²) < 4.78 is 13.6. The second-order valence-electron chi connectivity index (χ2n) is 4.78. The van der Waals surface area contributed by atoms with E-state index in [0.717, 1.165) is 5.69 Å². The Morgan fingerprint density at radius 1 is 1.20 bits per heavy atom. The molecule has 0 bridgehead atoms. The third-order valence-corrected chi connectivity index (χ3v) is 3.28. The lowest BCUT2D eigenvalue weighted by Gasteiger charge is -2.13. The van der Waals surface area contributed by atoms with Crippen LogP contribution in [0.25, 0.3) is 0 Å². The molecule has 2 aromatic carbocycles. The van der Waals surface area contributed by atoms with Crippen molar-refractivity contribution in [1.29, 1.82) is 0 Å². The van der Waals surface area contributed by atoms with Crippen molar-refractivity contribution in [2.24, 2.45) is 0 Å². The number of benzene rings is 2. The van der Waals surface area contributed by atoms with Crippen LogP contribution in [-0.2, 0) is 6.42 Å². The SMILES string of the molecule is CN(C)c1cccc(C(=O)Cc2cc(Cl)ccc2F)c1. The predicted octanol–water partition coefficient (Wildman–Crippen LogP) is 3.97. The van der Waals surface area contributed by atoms with Gasteiger partial charge < -0.3 is 4.90 Å². The van der Waals surface area contributed by atoms with Gasteiger partial charge in [-0.05, 0) is 35.9 Å². The number of anilines is 1. The molecule has 0 aliphatic heterocycles. The van der Waals surface area contributed by atoms with E-state index in [2.05, 4.69) is 0 Å². The van der Waals surface area contributed by atoms with Crippen molar-refractivity contribution in [3.63, 3.8) is 0 Å². The number of Topliss-reactive ketones (excluding diaryl/α,β-unsaturated/α-hetero) is 1. The van der Waals surface area contributed by atoms with E-state index < -0.39 is 5.82 Å². The summed E-state index contributed by atoms with van der Waals surface area (Å²) in [5, 5.41) is 0.427. The number of hydrogen-bond donors (Lipinski definition) is 0. The second-order valence-corrected chi connectivity index (χ2v) is 5.22. The van der Waals surface area contributed by atoms with Crippen LogP contribution in [0.2, 0.25) is 5.02 Å². The first-order valence-corrected chi connectivity index (χ1v) is 6.59. The molecule has 0 aliphatic carbocycles. The van der Waals surface area contributed by atoms with Gasteiger partial charge in [0.05, 0.1) is 0 Å². The minimum atomic E-state index is -0.411. The predicted molar refractivity (Wildman–Crippen MR) is 80.2 cm³/mol. The van der Waals surface area contributed by atoms with Crippen molar-refractivity contribution in [1.82, 2.24) is 0 Å². The highest BCUT2D eigenvalue weighted by Crippen LogP contribution is 2.19. The molecule has 20 heavy (non-hydrogen) atoms. The maximum absolute atomic E-state index is 13.6. The smallest absolute Gasteiger partial charge is 0.167 e. The van der Waals surface area contributed by atoms with Crippen LogP contribution in [0.5, 0.6) is 0 Å². The fourth-order valence-corrected chi connectivity index (χ4v) is 2.11. The summed E-state index contributed by atoms with van der Waals surface area (Å²) in [7, 11) is 3.81. The van der Waals surface area contributed by atoms with Crippen LogP contribution >= 0.6 is 11.6 Å². The number of hydrogen-bond acceptors (Lipinski definition) is 2. The summed E-state index contributed by atoms with van der Waals surface area (Å²) in [6.07, 6.45) is 0.00325. The third-order valence-electron chi connectivity index (χ3n) is 3.04. The molecule has 0 aliphatic rings. The molecule has 0 aromatic heterocycles. The van der Waals surface area contributed by atoms with Crippen LogP contribution in [0, 0.1) is 5.82 Å². The minimum absolute atomic E-state index is 0.00325. The fourth-order valence-electron chi connectivity index (χ4n) is 1.91. The average Bonchev–Trinajstić information content (AvgIpc) is 2.43. The quantitative estimate of drug-likeness (QED) is 0.795. The standard InChI is InChI=1S/C16H15ClFNO/c1-19(2)14-5-3-4-11(9-14)16(20)10-12-8-13(17)6-7-15(12)18/h3-9H,10H2,1-2H3. The lowest BCUT2D eigenvalue weighted by Crippen LogP contribution is -2.11. The molecular weight excluding hydrogens is 277 g/mol. The Labute approximate surface area is 122 Å². The molecule has 0 atom stereocenters. The number of carbonyl (C=O) groups is 1. The highest BCUT2D eigenvalue weighted by atomic mass is 35.5. The van der Waals surface area contributed by atoms with Gasteiger partial charge in [0.2, 0.25) is 0 Å². The Kier molecular flexibility index (Phi) is 4.40. The zero-order valence-corrected chi connectivity index (χ0v) is 12.1. The van der Waals surface area contributed by atoms with Gasteiger partial charge in [-0.2, -0.15) is 0 Å². The lowest BCUT2D eigenvalue weighted by atomic mass is 10.0. The van der Waals surface area contributed by atoms with E-state index in [1.165, 1.54) is 18.2 Å². The van der Waals surface area contributed by atoms with Crippen LogP contribution < -0.4 is 4.90 Å². The van der Waals surface area contributed by atoms with Gasteiger partial charge in [0.25, 0.3) is 0 Å². The molecule has 104 valence electrons. The Morgan fingerprint density at radius 3 is 2.65 bits per heavy atom. The molecule has 0 heterocycles. The Balaban J connectivity index is 2.24. The third kappa shape index (κ3) is 3.36. The normalized spacial score (nSPS) is 10.4. The molecule has 0 spiro atoms. The topological polar surface area (TPSA) is 20.3 Å². The molecule has 0 N–H and O–H groups in total. The maximum Gasteiger partial charge on any atom is 0.167 e. The molecule has 4 heteroatoms. The van der Waals surface area contributed by atoms with Crippen molar-refractivity contribution in [3.05, 3.63) is 64.4 Å². The molecule has 0 radical (unpaired) electrons. The molecule has 2 aromatic rings. The summed E-state index contributed by atoms with van der Waals surface area (Å²) in [6, 6.07) is 11.5. The van der Waals surface area contributed by atoms with Gasteiger partial charge in [-0.15, -0.1) is 0 Å². The summed E-state index contributed by atoms with van der Waals surface area (Å²) in [6.45, 7) is 0. The Morgan fingerprint density at radius 2 is 1.95 bits per heavy atom. The van der Waals surface area contributed by atoms with E-state index in [0.29, 0.717) is 16.1 Å². The number of carbonyl (C=O) groups excluding carboxylic acids is 1. The van der Waals surface area contributed by atoms with Gasteiger partial charge >= 0.3 is 0 Å². The van der Waals surface area contributed by atoms with E-state index in [1.807, 2.05) is 31.1 Å². The van der Waals surface area contributed by atoms with E-state index >= 15 is 0 Å². The fraction of sp³-hybridized carbons (Fsp3) is 0.188. The van der Waals surface area contributed by atoms with Gasteiger partial charge in [0, 0.05) is 36.8 Å². The molecule has 0 saturated carbocycles. The van der Waals surface area contributed by atoms with E-state index in [4.69, 9.17) is 11.6 Å². The molecular formula is C16H15ClFNO. The monoisotopic (exact) mass is 291 g/mol. The highest BCUT2D eigenvalue weighted by molar-refractivity contribution is 6.30. The largest absolute Gasteiger partial charge is 0.378 e. The first-order valence-electron chi connectivity index (χ1n) is 6.22. The maximum atomic E-state index is 13.6. The minimum Gasteiger partial charge on any atom is -0.378 e. The average molecular weight is 292 g/mol. The first-order chi connectivity index (χ1) is 9.47. The summed E-state index contributed by atoms with van der Waals surface area (Å²) in [5.74, 6) is -0.540. The van der Waals surface area contributed by atoms with Crippen molar-refractivity contribution in [2.75, 3.05) is 19.0 Å². The van der Waals surface area contributed by atoms with E-state index in [1.54, 1.807) is 12.1 Å². The summed E-state index contributed by atoms with van der Waals surface area (Å²) >= 11 is 5.83. The van der Waals surface area contributed by atoms with E-state index in [-0.39, 0.29) is 12.2 Å². The lowest BCUT2D eigenvalue weighted by molar-refractivity contribution is 0.0992. The zero-order chi connectivity index (χ0) is 14.7. The molecule has 0 amide bonds. The van der Waals surface area contributed by atoms with Crippen LogP contribution in [0.3, 0.4) is 0 Å². The molecule has 0 fully saturated rings. The number of rotatable bonds is 4. The number of ketones is 1. The zero-order valence-electron chi connectivity index (χ0n) is 11.4. The second kappa shape index (κ2) is 6.06.